The molecule has 1 aromatic rings. The summed E-state index contributed by atoms with van der Waals surface area (Å²) >= 11 is 1.02. The molecule has 1 rings (SSSR count). The van der Waals surface area contributed by atoms with E-state index in [4.69, 9.17) is 9.47 Å². The van der Waals surface area contributed by atoms with Gasteiger partial charge in [0.2, 0.25) is 5.71 Å². The summed E-state index contributed by atoms with van der Waals surface area (Å²) in [5.74, 6) is -0.846. The van der Waals surface area contributed by atoms with Crippen LogP contribution in [0.25, 0.3) is 0 Å². The quantitative estimate of drug-likeness (QED) is 0.274. The lowest BCUT2D eigenvalue weighted by molar-refractivity contribution is -0.135. The van der Waals surface area contributed by atoms with Crippen LogP contribution in [0.1, 0.15) is 33.4 Å². The molecule has 1 heterocycles. The first kappa shape index (κ1) is 20.4. The molecule has 0 spiro atoms. The molecular weight excluding hydrogens is 354 g/mol. The SMILES string of the molecule is CCOC(=O)C(=NOC(=O)OC(C)(C)C)c1csc(NC(=O)OC)n1. The molecule has 1 aromatic heterocycles. The van der Waals surface area contributed by atoms with E-state index in [9.17, 15) is 14.4 Å². The summed E-state index contributed by atoms with van der Waals surface area (Å²) in [4.78, 5) is 43.3. The molecule has 0 atom stereocenters. The standard InChI is InChI=1S/C14H19N3O7S/c1-6-22-10(18)9(17-24-13(20)23-14(2,3)4)8-7-25-11(15-8)16-12(19)21-5/h7H,6H2,1-5H3,(H,15,16,19). The smallest absolute Gasteiger partial charge is 0.461 e. The Kier molecular flexibility index (Phi) is 7.30. The van der Waals surface area contributed by atoms with Gasteiger partial charge in [0.25, 0.3) is 0 Å². The minimum Gasteiger partial charge on any atom is -0.461 e. The third-order valence-corrected chi connectivity index (χ3v) is 2.97. The first-order chi connectivity index (χ1) is 11.7. The van der Waals surface area contributed by atoms with Gasteiger partial charge in [-0.05, 0) is 27.7 Å². The Bertz CT molecular complexity index is 664. The minimum atomic E-state index is -1.09. The zero-order chi connectivity index (χ0) is 19.0. The molecule has 0 saturated heterocycles. The number of hydrogen-bond donors (Lipinski definition) is 1. The van der Waals surface area contributed by atoms with Crippen LogP contribution in [0.15, 0.2) is 10.5 Å². The van der Waals surface area contributed by atoms with Gasteiger partial charge in [0.1, 0.15) is 11.3 Å². The first-order valence-electron chi connectivity index (χ1n) is 7.12. The molecule has 25 heavy (non-hydrogen) atoms. The van der Waals surface area contributed by atoms with Crippen LogP contribution in [0.2, 0.25) is 0 Å². The number of esters is 1. The monoisotopic (exact) mass is 373 g/mol. The molecule has 0 aliphatic carbocycles. The normalized spacial score (nSPS) is 11.5. The molecule has 0 aliphatic rings. The predicted molar refractivity (Wildman–Crippen MR) is 88.6 cm³/mol. The van der Waals surface area contributed by atoms with Gasteiger partial charge in [-0.1, -0.05) is 5.16 Å². The van der Waals surface area contributed by atoms with Crippen molar-refractivity contribution in [3.63, 3.8) is 0 Å². The summed E-state index contributed by atoms with van der Waals surface area (Å²) < 4.78 is 14.2. The maximum absolute atomic E-state index is 12.0. The highest BCUT2D eigenvalue weighted by Gasteiger charge is 2.23. The number of nitrogens with one attached hydrogen (secondary N) is 1. The average molecular weight is 373 g/mol. The van der Waals surface area contributed by atoms with Gasteiger partial charge in [-0.25, -0.2) is 19.4 Å². The van der Waals surface area contributed by atoms with Gasteiger partial charge in [-0.3, -0.25) is 10.2 Å². The lowest BCUT2D eigenvalue weighted by Crippen LogP contribution is -2.25. The topological polar surface area (TPSA) is 125 Å². The number of ether oxygens (including phenoxy) is 3. The van der Waals surface area contributed by atoms with Gasteiger partial charge >= 0.3 is 18.2 Å². The number of carbonyl (C=O) groups is 3. The second-order valence-electron chi connectivity index (χ2n) is 5.37. The number of thiazole rings is 1. The highest BCUT2D eigenvalue weighted by molar-refractivity contribution is 7.14. The molecule has 0 aliphatic heterocycles. The molecule has 10 nitrogen and oxygen atoms in total. The highest BCUT2D eigenvalue weighted by atomic mass is 32.1. The van der Waals surface area contributed by atoms with Crippen molar-refractivity contribution in [3.05, 3.63) is 11.1 Å². The van der Waals surface area contributed by atoms with Gasteiger partial charge in [0.15, 0.2) is 5.13 Å². The summed E-state index contributed by atoms with van der Waals surface area (Å²) in [6.45, 7) is 6.64. The summed E-state index contributed by atoms with van der Waals surface area (Å²) in [5.41, 5.74) is -1.07. The van der Waals surface area contributed by atoms with Crippen molar-refractivity contribution >= 4 is 40.4 Å². The second kappa shape index (κ2) is 8.97. The number of methoxy groups -OCH3 is 1. The molecule has 11 heteroatoms. The van der Waals surface area contributed by atoms with Crippen LogP contribution in [-0.4, -0.2) is 48.2 Å². The number of hydrogen-bond acceptors (Lipinski definition) is 10. The van der Waals surface area contributed by atoms with Crippen molar-refractivity contribution < 1.29 is 33.4 Å². The number of rotatable bonds is 5. The van der Waals surface area contributed by atoms with Gasteiger partial charge in [-0.15, -0.1) is 11.3 Å². The fourth-order valence-electron chi connectivity index (χ4n) is 1.32. The van der Waals surface area contributed by atoms with Crippen molar-refractivity contribution in [1.29, 1.82) is 0 Å². The van der Waals surface area contributed by atoms with E-state index in [0.717, 1.165) is 11.3 Å². The molecule has 0 fully saturated rings. The maximum atomic E-state index is 12.0. The van der Waals surface area contributed by atoms with Crippen LogP contribution in [0.4, 0.5) is 14.7 Å². The molecule has 138 valence electrons. The van der Waals surface area contributed by atoms with E-state index in [-0.39, 0.29) is 23.1 Å². The zero-order valence-electron chi connectivity index (χ0n) is 14.4. The van der Waals surface area contributed by atoms with Gasteiger partial charge in [0.05, 0.1) is 13.7 Å². The molecular formula is C14H19N3O7S. The van der Waals surface area contributed by atoms with Crippen LogP contribution < -0.4 is 5.32 Å². The van der Waals surface area contributed by atoms with Crippen molar-refractivity contribution in [2.45, 2.75) is 33.3 Å². The lowest BCUT2D eigenvalue weighted by Gasteiger charge is -2.17. The number of amides is 1. The Morgan fingerprint density at radius 2 is 2.00 bits per heavy atom. The van der Waals surface area contributed by atoms with E-state index in [2.05, 4.69) is 25.0 Å². The fraction of sp³-hybridized carbons (Fsp3) is 0.500. The third-order valence-electron chi connectivity index (χ3n) is 2.21. The predicted octanol–water partition coefficient (Wildman–Crippen LogP) is 2.54. The van der Waals surface area contributed by atoms with E-state index in [1.165, 1.54) is 12.5 Å². The van der Waals surface area contributed by atoms with Crippen molar-refractivity contribution in [2.75, 3.05) is 19.0 Å². The van der Waals surface area contributed by atoms with E-state index >= 15 is 0 Å². The second-order valence-corrected chi connectivity index (χ2v) is 6.23. The summed E-state index contributed by atoms with van der Waals surface area (Å²) in [7, 11) is 1.20. The van der Waals surface area contributed by atoms with Gasteiger partial charge in [-0.2, -0.15) is 0 Å². The molecule has 1 N–H and O–H groups in total. The first-order valence-corrected chi connectivity index (χ1v) is 8.00. The average Bonchev–Trinajstić information content (AvgIpc) is 2.94. The minimum absolute atomic E-state index is 0.0541. The van der Waals surface area contributed by atoms with Crippen LogP contribution in [-0.2, 0) is 23.8 Å². The van der Waals surface area contributed by atoms with Crippen LogP contribution in [0, 0.1) is 0 Å². The third kappa shape index (κ3) is 7.16. The molecule has 0 aromatic carbocycles. The summed E-state index contributed by atoms with van der Waals surface area (Å²) in [6, 6.07) is 0. The number of oxime groups is 1. The van der Waals surface area contributed by atoms with Crippen molar-refractivity contribution in [1.82, 2.24) is 4.98 Å². The molecule has 0 bridgehead atoms. The summed E-state index contributed by atoms with van der Waals surface area (Å²) in [6.07, 6.45) is -1.81. The molecule has 0 radical (unpaired) electrons. The van der Waals surface area contributed by atoms with E-state index in [1.54, 1.807) is 27.7 Å². The lowest BCUT2D eigenvalue weighted by atomic mass is 10.2. The van der Waals surface area contributed by atoms with E-state index in [0.29, 0.717) is 0 Å². The zero-order valence-corrected chi connectivity index (χ0v) is 15.3. The van der Waals surface area contributed by atoms with Gasteiger partial charge in [0, 0.05) is 5.38 Å². The Balaban J connectivity index is 2.97. The van der Waals surface area contributed by atoms with E-state index in [1.807, 2.05) is 0 Å². The van der Waals surface area contributed by atoms with Gasteiger partial charge < -0.3 is 14.2 Å². The molecule has 0 unspecified atom stereocenters. The van der Waals surface area contributed by atoms with Crippen molar-refractivity contribution in [2.24, 2.45) is 5.16 Å². The Hall–Kier alpha value is -2.69. The van der Waals surface area contributed by atoms with Crippen LogP contribution in [0.3, 0.4) is 0 Å². The largest absolute Gasteiger partial charge is 0.535 e. The Morgan fingerprint density at radius 3 is 2.56 bits per heavy atom. The Labute approximate surface area is 148 Å². The van der Waals surface area contributed by atoms with Crippen LogP contribution in [0.5, 0.6) is 0 Å². The highest BCUT2D eigenvalue weighted by Crippen LogP contribution is 2.17. The molecule has 0 saturated carbocycles. The number of aromatic nitrogens is 1. The molecule has 1 amide bonds. The van der Waals surface area contributed by atoms with Crippen molar-refractivity contribution in [3.8, 4) is 0 Å². The number of carbonyl (C=O) groups excluding carboxylic acids is 3. The van der Waals surface area contributed by atoms with Crippen LogP contribution >= 0.6 is 11.3 Å². The van der Waals surface area contributed by atoms with E-state index < -0.39 is 23.8 Å². The number of anilines is 1. The fourth-order valence-corrected chi connectivity index (χ4v) is 2.00. The number of nitrogens with zero attached hydrogens (tertiary/aromatic N) is 2. The maximum Gasteiger partial charge on any atom is 0.535 e. The Morgan fingerprint density at radius 1 is 1.32 bits per heavy atom. The summed E-state index contributed by atoms with van der Waals surface area (Å²) in [5, 5.41) is 7.41.